The molecule has 1 aliphatic carbocycles. The summed E-state index contributed by atoms with van der Waals surface area (Å²) in [4.78, 5) is 24.6. The molecule has 0 bridgehead atoms. The number of rotatable bonds is 1. The van der Waals surface area contributed by atoms with Crippen LogP contribution >= 0.6 is 0 Å². The van der Waals surface area contributed by atoms with Crippen molar-refractivity contribution in [3.63, 3.8) is 0 Å². The lowest BCUT2D eigenvalue weighted by Crippen LogP contribution is -2.26. The molecule has 0 saturated carbocycles. The first kappa shape index (κ1) is 12.5. The van der Waals surface area contributed by atoms with Crippen LogP contribution in [0.4, 0.5) is 0 Å². The van der Waals surface area contributed by atoms with Gasteiger partial charge in [0.1, 0.15) is 5.52 Å². The van der Waals surface area contributed by atoms with Crippen molar-refractivity contribution in [1.82, 2.24) is 15.0 Å². The van der Waals surface area contributed by atoms with Crippen LogP contribution in [0.3, 0.4) is 0 Å². The van der Waals surface area contributed by atoms with E-state index < -0.39 is 11.6 Å². The predicted octanol–water partition coefficient (Wildman–Crippen LogP) is 2.08. The van der Waals surface area contributed by atoms with Crippen LogP contribution in [0.2, 0.25) is 0 Å². The summed E-state index contributed by atoms with van der Waals surface area (Å²) in [6.07, 6.45) is 0. The zero-order valence-corrected chi connectivity index (χ0v) is 11.2. The van der Waals surface area contributed by atoms with Gasteiger partial charge in [-0.15, -0.1) is 5.10 Å². The fourth-order valence-electron chi connectivity index (χ4n) is 2.58. The van der Waals surface area contributed by atoms with Gasteiger partial charge in [0, 0.05) is 11.1 Å². The maximum absolute atomic E-state index is 12.4. The number of aliphatic hydroxyl groups is 1. The smallest absolute Gasteiger partial charge is 0.255 e. The van der Waals surface area contributed by atoms with E-state index in [2.05, 4.69) is 10.3 Å². The fraction of sp³-hybridized carbons (Fsp3) is 0. The number of carbonyl (C=O) groups is 2. The lowest BCUT2D eigenvalue weighted by Gasteiger charge is -2.17. The second-order valence-corrected chi connectivity index (χ2v) is 4.89. The van der Waals surface area contributed by atoms with Gasteiger partial charge in [0.2, 0.25) is 5.78 Å². The molecule has 0 spiro atoms. The summed E-state index contributed by atoms with van der Waals surface area (Å²) in [7, 11) is 0. The molecule has 6 heteroatoms. The number of carbonyl (C=O) groups excluding carboxylic acids is 2. The second-order valence-electron chi connectivity index (χ2n) is 4.89. The van der Waals surface area contributed by atoms with Gasteiger partial charge in [-0.05, 0) is 12.1 Å². The van der Waals surface area contributed by atoms with E-state index in [0.717, 1.165) is 0 Å². The van der Waals surface area contributed by atoms with Gasteiger partial charge in [0.15, 0.2) is 11.5 Å². The number of hydrogen-bond acceptors (Lipinski definition) is 5. The van der Waals surface area contributed by atoms with Crippen LogP contribution in [-0.4, -0.2) is 31.7 Å². The van der Waals surface area contributed by atoms with E-state index in [4.69, 9.17) is 0 Å². The molecule has 4 rings (SSSR count). The molecule has 0 unspecified atom stereocenters. The van der Waals surface area contributed by atoms with Crippen molar-refractivity contribution in [2.24, 2.45) is 0 Å². The average molecular weight is 291 g/mol. The zero-order valence-electron chi connectivity index (χ0n) is 11.2. The number of allylic oxidation sites excluding steroid dienone is 1. The molecule has 1 N–H and O–H groups in total. The first-order valence-electron chi connectivity index (χ1n) is 6.61. The van der Waals surface area contributed by atoms with Crippen LogP contribution in [-0.2, 0) is 4.79 Å². The molecule has 6 nitrogen and oxygen atoms in total. The third-order valence-corrected chi connectivity index (χ3v) is 3.64. The van der Waals surface area contributed by atoms with E-state index in [9.17, 15) is 14.7 Å². The van der Waals surface area contributed by atoms with Crippen molar-refractivity contribution in [2.45, 2.75) is 0 Å². The number of aliphatic hydroxyl groups excluding tert-OH is 1. The largest absolute Gasteiger partial charge is 0.505 e. The number of para-hydroxylation sites is 1. The Labute approximate surface area is 124 Å². The molecule has 2 aromatic carbocycles. The lowest BCUT2D eigenvalue weighted by molar-refractivity contribution is -0.110. The second kappa shape index (κ2) is 4.36. The van der Waals surface area contributed by atoms with Gasteiger partial charge in [-0.25, -0.2) is 4.68 Å². The minimum atomic E-state index is -0.799. The molecule has 0 fully saturated rings. The Morgan fingerprint density at radius 3 is 2.36 bits per heavy atom. The molecular weight excluding hydrogens is 282 g/mol. The van der Waals surface area contributed by atoms with Gasteiger partial charge in [0.05, 0.1) is 5.52 Å². The van der Waals surface area contributed by atoms with Gasteiger partial charge in [-0.1, -0.05) is 41.6 Å². The summed E-state index contributed by atoms with van der Waals surface area (Å²) in [5.74, 6) is -1.73. The maximum atomic E-state index is 12.4. The summed E-state index contributed by atoms with van der Waals surface area (Å²) in [6, 6.07) is 13.5. The highest BCUT2D eigenvalue weighted by molar-refractivity contribution is 6.60. The number of aromatic nitrogens is 3. The predicted molar refractivity (Wildman–Crippen MR) is 79.0 cm³/mol. The van der Waals surface area contributed by atoms with E-state index in [1.165, 1.54) is 10.7 Å². The van der Waals surface area contributed by atoms with Crippen LogP contribution < -0.4 is 0 Å². The van der Waals surface area contributed by atoms with Crippen LogP contribution in [0.5, 0.6) is 0 Å². The molecule has 106 valence electrons. The van der Waals surface area contributed by atoms with E-state index in [1.807, 2.05) is 0 Å². The van der Waals surface area contributed by atoms with Crippen molar-refractivity contribution in [1.29, 1.82) is 0 Å². The molecule has 1 heterocycles. The number of fused-ring (bicyclic) bond motifs is 2. The van der Waals surface area contributed by atoms with Crippen LogP contribution in [0.15, 0.2) is 48.5 Å². The molecular formula is C16H9N3O3. The van der Waals surface area contributed by atoms with Crippen LogP contribution in [0.1, 0.15) is 15.9 Å². The third kappa shape index (κ3) is 1.54. The van der Waals surface area contributed by atoms with Crippen molar-refractivity contribution in [3.05, 3.63) is 59.7 Å². The third-order valence-electron chi connectivity index (χ3n) is 3.64. The molecule has 0 atom stereocenters. The topological polar surface area (TPSA) is 85.1 Å². The molecule has 0 aliphatic heterocycles. The Kier molecular flexibility index (Phi) is 2.47. The monoisotopic (exact) mass is 291 g/mol. The lowest BCUT2D eigenvalue weighted by atomic mass is 9.91. The van der Waals surface area contributed by atoms with E-state index in [1.54, 1.807) is 42.5 Å². The summed E-state index contributed by atoms with van der Waals surface area (Å²) in [5, 5.41) is 18.3. The number of benzene rings is 2. The molecule has 0 radical (unpaired) electrons. The van der Waals surface area contributed by atoms with Gasteiger partial charge in [0.25, 0.3) is 5.78 Å². The molecule has 22 heavy (non-hydrogen) atoms. The van der Waals surface area contributed by atoms with Gasteiger partial charge >= 0.3 is 0 Å². The minimum absolute atomic E-state index is 0.169. The first-order chi connectivity index (χ1) is 10.7. The highest BCUT2D eigenvalue weighted by Gasteiger charge is 2.35. The van der Waals surface area contributed by atoms with Crippen molar-refractivity contribution < 1.29 is 14.7 Å². The molecule has 0 amide bonds. The number of ketones is 2. The Morgan fingerprint density at radius 2 is 1.55 bits per heavy atom. The van der Waals surface area contributed by atoms with E-state index in [-0.39, 0.29) is 17.0 Å². The van der Waals surface area contributed by atoms with Crippen molar-refractivity contribution in [2.75, 3.05) is 0 Å². The summed E-state index contributed by atoms with van der Waals surface area (Å²) < 4.78 is 1.21. The van der Waals surface area contributed by atoms with Gasteiger partial charge in [-0.3, -0.25) is 9.59 Å². The average Bonchev–Trinajstić information content (AvgIpc) is 2.97. The van der Waals surface area contributed by atoms with Gasteiger partial charge < -0.3 is 5.11 Å². The van der Waals surface area contributed by atoms with Crippen molar-refractivity contribution in [3.8, 4) is 0 Å². The van der Waals surface area contributed by atoms with E-state index >= 15 is 0 Å². The van der Waals surface area contributed by atoms with Crippen LogP contribution in [0.25, 0.3) is 22.5 Å². The number of nitrogens with zero attached hydrogens (tertiary/aromatic N) is 3. The fourth-order valence-corrected chi connectivity index (χ4v) is 2.58. The number of Topliss-reactive ketones (excluding diaryl/α,β-unsaturated/α-hetero) is 2. The first-order valence-corrected chi connectivity index (χ1v) is 6.61. The van der Waals surface area contributed by atoms with Gasteiger partial charge in [-0.2, -0.15) is 0 Å². The molecule has 3 aromatic rings. The summed E-state index contributed by atoms with van der Waals surface area (Å²) >= 11 is 0. The van der Waals surface area contributed by atoms with Crippen LogP contribution in [0, 0.1) is 0 Å². The minimum Gasteiger partial charge on any atom is -0.505 e. The maximum Gasteiger partial charge on any atom is 0.255 e. The van der Waals surface area contributed by atoms with Crippen molar-refractivity contribution >= 4 is 34.1 Å². The SMILES string of the molecule is O=C1C(=O)c2ccccc2C(O)=C1n1nnc2ccccc21. The molecule has 1 aromatic heterocycles. The normalized spacial score (nSPS) is 14.5. The highest BCUT2D eigenvalue weighted by Crippen LogP contribution is 2.31. The Balaban J connectivity index is 2.06. The Morgan fingerprint density at radius 1 is 0.864 bits per heavy atom. The molecule has 1 aliphatic rings. The Hall–Kier alpha value is -3.28. The zero-order chi connectivity index (χ0) is 15.3. The van der Waals surface area contributed by atoms with E-state index in [0.29, 0.717) is 16.6 Å². The molecule has 0 saturated heterocycles. The highest BCUT2D eigenvalue weighted by atomic mass is 16.3. The Bertz CT molecular complexity index is 985. The summed E-state index contributed by atoms with van der Waals surface area (Å²) in [6.45, 7) is 0. The summed E-state index contributed by atoms with van der Waals surface area (Å²) in [5.41, 5.74) is 1.46. The quantitative estimate of drug-likeness (QED) is 0.694. The number of hydrogen-bond donors (Lipinski definition) is 1. The standard InChI is InChI=1S/C16H9N3O3/c20-14-9-5-1-2-6-10(9)15(21)16(22)13(14)19-12-8-4-3-7-11(12)17-18-19/h1-8,20H.